The third kappa shape index (κ3) is 5.74. The molecule has 0 aliphatic carbocycles. The number of hydrogen-bond acceptors (Lipinski definition) is 5. The molecule has 164 valence electrons. The van der Waals surface area contributed by atoms with Gasteiger partial charge >= 0.3 is 0 Å². The van der Waals surface area contributed by atoms with E-state index in [2.05, 4.69) is 47.4 Å². The molecular formula is C21H22Br2FN5OS. The average Bonchev–Trinajstić information content (AvgIpc) is 3.12. The molecule has 3 rings (SSSR count). The van der Waals surface area contributed by atoms with Crippen molar-refractivity contribution in [2.24, 2.45) is 0 Å². The lowest BCUT2D eigenvalue weighted by Gasteiger charge is -2.20. The molecular weight excluding hydrogens is 549 g/mol. The first-order chi connectivity index (χ1) is 14.7. The number of aryl methyl sites for hydroxylation is 1. The van der Waals surface area contributed by atoms with Crippen LogP contribution in [0.5, 0.6) is 0 Å². The minimum Gasteiger partial charge on any atom is -0.323 e. The molecule has 0 aliphatic rings. The van der Waals surface area contributed by atoms with Gasteiger partial charge in [-0.15, -0.1) is 10.2 Å². The van der Waals surface area contributed by atoms with Crippen molar-refractivity contribution in [3.63, 3.8) is 0 Å². The van der Waals surface area contributed by atoms with Crippen LogP contribution in [0.15, 0.2) is 50.5 Å². The van der Waals surface area contributed by atoms with Gasteiger partial charge in [0.05, 0.1) is 17.5 Å². The number of aromatic nitrogens is 3. The van der Waals surface area contributed by atoms with Crippen molar-refractivity contribution in [2.75, 3.05) is 25.2 Å². The molecule has 1 N–H and O–H groups in total. The first-order valence-electron chi connectivity index (χ1n) is 9.43. The predicted molar refractivity (Wildman–Crippen MR) is 129 cm³/mol. The minimum absolute atomic E-state index is 0.0276. The average molecular weight is 571 g/mol. The van der Waals surface area contributed by atoms with Crippen LogP contribution in [0.2, 0.25) is 0 Å². The van der Waals surface area contributed by atoms with Gasteiger partial charge in [-0.05, 0) is 102 Å². The third-order valence-corrected chi connectivity index (χ3v) is 6.85. The van der Waals surface area contributed by atoms with E-state index in [1.165, 1.54) is 23.9 Å². The van der Waals surface area contributed by atoms with Gasteiger partial charge in [-0.3, -0.25) is 14.3 Å². The SMILES string of the molecule is Cc1cc(Br)c(NC(=O)CSc2nnc([C@H](C)N(C)C)n2-c2ccc(F)cc2)c(Br)c1. The number of thioether (sulfide) groups is 1. The zero-order valence-electron chi connectivity index (χ0n) is 17.5. The van der Waals surface area contributed by atoms with E-state index in [9.17, 15) is 9.18 Å². The molecule has 1 amide bonds. The van der Waals surface area contributed by atoms with Gasteiger partial charge in [0, 0.05) is 14.6 Å². The number of carbonyl (C=O) groups excluding carboxylic acids is 1. The van der Waals surface area contributed by atoms with Crippen LogP contribution in [0.4, 0.5) is 10.1 Å². The summed E-state index contributed by atoms with van der Waals surface area (Å²) in [7, 11) is 3.90. The van der Waals surface area contributed by atoms with E-state index in [1.54, 1.807) is 12.1 Å². The number of amides is 1. The Bertz CT molecular complexity index is 1060. The maximum atomic E-state index is 13.5. The van der Waals surface area contributed by atoms with Gasteiger partial charge in [-0.2, -0.15) is 0 Å². The second-order valence-corrected chi connectivity index (χ2v) is 9.88. The van der Waals surface area contributed by atoms with Crippen LogP contribution >= 0.6 is 43.6 Å². The minimum atomic E-state index is -0.318. The first-order valence-corrected chi connectivity index (χ1v) is 12.0. The maximum Gasteiger partial charge on any atom is 0.234 e. The topological polar surface area (TPSA) is 63.1 Å². The second-order valence-electron chi connectivity index (χ2n) is 7.23. The highest BCUT2D eigenvalue weighted by Gasteiger charge is 2.22. The quantitative estimate of drug-likeness (QED) is 0.375. The standard InChI is InChI=1S/C21H22Br2FN5OS/c1-12-9-16(22)19(17(23)10-12)25-18(30)11-31-21-27-26-20(13(2)28(3)4)29(21)15-7-5-14(24)6-8-15/h5-10,13H,11H2,1-4H3,(H,25,30)/t13-/m0/s1. The van der Waals surface area contributed by atoms with E-state index in [1.807, 2.05) is 49.5 Å². The smallest absolute Gasteiger partial charge is 0.234 e. The normalized spacial score (nSPS) is 12.3. The third-order valence-electron chi connectivity index (χ3n) is 4.67. The van der Waals surface area contributed by atoms with E-state index in [0.29, 0.717) is 16.7 Å². The summed E-state index contributed by atoms with van der Waals surface area (Å²) in [6.45, 7) is 3.99. The van der Waals surface area contributed by atoms with Crippen LogP contribution in [-0.2, 0) is 4.79 Å². The van der Waals surface area contributed by atoms with Crippen molar-refractivity contribution in [3.8, 4) is 5.69 Å². The van der Waals surface area contributed by atoms with Gasteiger partial charge in [-0.1, -0.05) is 11.8 Å². The van der Waals surface area contributed by atoms with Crippen molar-refractivity contribution in [1.82, 2.24) is 19.7 Å². The maximum absolute atomic E-state index is 13.5. The molecule has 0 saturated carbocycles. The number of rotatable bonds is 7. The van der Waals surface area contributed by atoms with Crippen LogP contribution in [0.3, 0.4) is 0 Å². The molecule has 1 heterocycles. The van der Waals surface area contributed by atoms with Gasteiger partial charge in [0.25, 0.3) is 0 Å². The van der Waals surface area contributed by atoms with Gasteiger partial charge in [0.1, 0.15) is 5.82 Å². The Morgan fingerprint density at radius 2 is 1.81 bits per heavy atom. The number of carbonyl (C=O) groups is 1. The summed E-state index contributed by atoms with van der Waals surface area (Å²) in [6.07, 6.45) is 0. The molecule has 0 aliphatic heterocycles. The summed E-state index contributed by atoms with van der Waals surface area (Å²) in [6, 6.07) is 9.99. The Labute approximate surface area is 201 Å². The van der Waals surface area contributed by atoms with Crippen molar-refractivity contribution < 1.29 is 9.18 Å². The predicted octanol–water partition coefficient (Wildman–Crippen LogP) is 5.59. The van der Waals surface area contributed by atoms with Crippen LogP contribution in [0.1, 0.15) is 24.4 Å². The van der Waals surface area contributed by atoms with Crippen LogP contribution in [-0.4, -0.2) is 45.4 Å². The highest BCUT2D eigenvalue weighted by atomic mass is 79.9. The van der Waals surface area contributed by atoms with Crippen molar-refractivity contribution in [1.29, 1.82) is 0 Å². The van der Waals surface area contributed by atoms with E-state index < -0.39 is 0 Å². The largest absolute Gasteiger partial charge is 0.323 e. The molecule has 0 unspecified atom stereocenters. The van der Waals surface area contributed by atoms with Gasteiger partial charge in [0.15, 0.2) is 11.0 Å². The number of anilines is 1. The number of hydrogen-bond donors (Lipinski definition) is 1. The van der Waals surface area contributed by atoms with E-state index in [0.717, 1.165) is 20.2 Å². The lowest BCUT2D eigenvalue weighted by Crippen LogP contribution is -2.21. The summed E-state index contributed by atoms with van der Waals surface area (Å²) in [5, 5.41) is 12.1. The summed E-state index contributed by atoms with van der Waals surface area (Å²) < 4.78 is 16.9. The van der Waals surface area contributed by atoms with Crippen molar-refractivity contribution in [2.45, 2.75) is 25.0 Å². The Hall–Kier alpha value is -1.75. The summed E-state index contributed by atoms with van der Waals surface area (Å²) in [5.41, 5.74) is 2.49. The Kier molecular flexibility index (Phi) is 7.90. The highest BCUT2D eigenvalue weighted by molar-refractivity contribution is 9.11. The molecule has 2 aromatic carbocycles. The van der Waals surface area contributed by atoms with E-state index in [4.69, 9.17) is 0 Å². The first kappa shape index (κ1) is 23.9. The van der Waals surface area contributed by atoms with E-state index >= 15 is 0 Å². The Morgan fingerprint density at radius 1 is 1.19 bits per heavy atom. The Balaban J connectivity index is 1.83. The fraction of sp³-hybridized carbons (Fsp3) is 0.286. The lowest BCUT2D eigenvalue weighted by atomic mass is 10.2. The fourth-order valence-corrected chi connectivity index (χ4v) is 5.21. The van der Waals surface area contributed by atoms with Gasteiger partial charge < -0.3 is 5.32 Å². The molecule has 0 spiro atoms. The molecule has 10 heteroatoms. The second kappa shape index (κ2) is 10.2. The number of nitrogens with one attached hydrogen (secondary N) is 1. The lowest BCUT2D eigenvalue weighted by molar-refractivity contribution is -0.113. The summed E-state index contributed by atoms with van der Waals surface area (Å²) >= 11 is 8.25. The molecule has 0 fully saturated rings. The van der Waals surface area contributed by atoms with E-state index in [-0.39, 0.29) is 23.5 Å². The van der Waals surface area contributed by atoms with Crippen LogP contribution in [0, 0.1) is 12.7 Å². The molecule has 31 heavy (non-hydrogen) atoms. The highest BCUT2D eigenvalue weighted by Crippen LogP contribution is 2.33. The summed E-state index contributed by atoms with van der Waals surface area (Å²) in [5.74, 6) is 0.360. The molecule has 0 radical (unpaired) electrons. The molecule has 1 aromatic heterocycles. The van der Waals surface area contributed by atoms with Gasteiger partial charge in [0.2, 0.25) is 5.91 Å². The van der Waals surface area contributed by atoms with Crippen molar-refractivity contribution in [3.05, 3.63) is 62.5 Å². The molecule has 0 saturated heterocycles. The van der Waals surface area contributed by atoms with Crippen LogP contribution < -0.4 is 5.32 Å². The zero-order valence-corrected chi connectivity index (χ0v) is 21.5. The van der Waals surface area contributed by atoms with Gasteiger partial charge in [-0.25, -0.2) is 4.39 Å². The number of benzene rings is 2. The fourth-order valence-electron chi connectivity index (χ4n) is 2.83. The molecule has 1 atom stereocenters. The summed E-state index contributed by atoms with van der Waals surface area (Å²) in [4.78, 5) is 14.6. The molecule has 0 bridgehead atoms. The number of halogens is 3. The van der Waals surface area contributed by atoms with Crippen LogP contribution in [0.25, 0.3) is 5.69 Å². The Morgan fingerprint density at radius 3 is 2.39 bits per heavy atom. The molecule has 3 aromatic rings. The number of nitrogens with zero attached hydrogens (tertiary/aromatic N) is 4. The monoisotopic (exact) mass is 569 g/mol. The molecule has 6 nitrogen and oxygen atoms in total. The zero-order chi connectivity index (χ0) is 22.7. The van der Waals surface area contributed by atoms with Crippen molar-refractivity contribution >= 4 is 55.2 Å².